The highest BCUT2D eigenvalue weighted by Crippen LogP contribution is 2.29. The molecule has 0 amide bonds. The van der Waals surface area contributed by atoms with Gasteiger partial charge >= 0.3 is 5.97 Å². The SMILES string of the molecule is Cc1noc(CCn2c(CN3CCC(c4cccc(OCc5ccc(Cl)cc5F)n4)CC3)nc3ccc(C(=O)O)cc32)n1. The minimum absolute atomic E-state index is 0.0684. The van der Waals surface area contributed by atoms with Gasteiger partial charge in [-0.25, -0.2) is 19.2 Å². The first-order valence-corrected chi connectivity index (χ1v) is 14.5. The Morgan fingerprint density at radius 1 is 1.12 bits per heavy atom. The Morgan fingerprint density at radius 3 is 2.70 bits per heavy atom. The van der Waals surface area contributed by atoms with Crippen LogP contribution in [0.2, 0.25) is 5.02 Å². The van der Waals surface area contributed by atoms with Crippen LogP contribution >= 0.6 is 11.6 Å². The fourth-order valence-corrected chi connectivity index (χ4v) is 5.60. The second-order valence-electron chi connectivity index (χ2n) is 10.6. The van der Waals surface area contributed by atoms with E-state index in [0.29, 0.717) is 47.7 Å². The van der Waals surface area contributed by atoms with Gasteiger partial charge in [-0.15, -0.1) is 0 Å². The third-order valence-electron chi connectivity index (χ3n) is 7.70. The molecular formula is C31H30ClFN6O4. The summed E-state index contributed by atoms with van der Waals surface area (Å²) in [6.07, 6.45) is 2.33. The van der Waals surface area contributed by atoms with E-state index in [2.05, 4.69) is 19.6 Å². The van der Waals surface area contributed by atoms with Crippen LogP contribution < -0.4 is 4.74 Å². The van der Waals surface area contributed by atoms with Gasteiger partial charge in [0, 0.05) is 41.2 Å². The summed E-state index contributed by atoms with van der Waals surface area (Å²) in [5, 5.41) is 13.8. The van der Waals surface area contributed by atoms with Crippen molar-refractivity contribution in [2.24, 2.45) is 0 Å². The number of halogens is 2. The number of hydrogen-bond acceptors (Lipinski definition) is 8. The minimum atomic E-state index is -0.981. The van der Waals surface area contributed by atoms with Crippen molar-refractivity contribution in [3.05, 3.63) is 99.8 Å². The number of aromatic nitrogens is 5. The molecule has 222 valence electrons. The van der Waals surface area contributed by atoms with E-state index in [1.54, 1.807) is 43.3 Å². The number of carboxylic acids is 1. The number of likely N-dealkylation sites (tertiary alicyclic amines) is 1. The van der Waals surface area contributed by atoms with Gasteiger partial charge in [-0.05, 0) is 69.3 Å². The molecule has 0 radical (unpaired) electrons. The zero-order chi connectivity index (χ0) is 29.9. The molecule has 1 aliphatic heterocycles. The number of hydrogen-bond donors (Lipinski definition) is 1. The van der Waals surface area contributed by atoms with Crippen molar-refractivity contribution in [1.29, 1.82) is 0 Å². The fourth-order valence-electron chi connectivity index (χ4n) is 5.44. The maximum atomic E-state index is 14.1. The topological polar surface area (TPSA) is 119 Å². The Kier molecular flexibility index (Phi) is 8.35. The van der Waals surface area contributed by atoms with E-state index >= 15 is 0 Å². The number of aryl methyl sites for hydroxylation is 3. The standard InChI is InChI=1S/C31H30ClFN6O4/c1-19-34-30(43-37-19)11-14-39-27-15-21(31(40)41)6-8-26(27)35-28(39)17-38-12-9-20(10-13-38)25-3-2-4-29(36-25)42-18-22-5-7-23(32)16-24(22)33/h2-8,15-16,20H,9-14,17-18H2,1H3,(H,40,41). The summed E-state index contributed by atoms with van der Waals surface area (Å²) < 4.78 is 27.3. The molecule has 1 fully saturated rings. The van der Waals surface area contributed by atoms with E-state index in [0.717, 1.165) is 48.5 Å². The van der Waals surface area contributed by atoms with Gasteiger partial charge in [0.15, 0.2) is 5.82 Å². The van der Waals surface area contributed by atoms with Gasteiger partial charge < -0.3 is 18.9 Å². The second kappa shape index (κ2) is 12.5. The van der Waals surface area contributed by atoms with Crippen LogP contribution in [-0.4, -0.2) is 53.7 Å². The van der Waals surface area contributed by atoms with Gasteiger partial charge in [-0.3, -0.25) is 4.90 Å². The van der Waals surface area contributed by atoms with Crippen molar-refractivity contribution in [2.45, 2.75) is 51.8 Å². The van der Waals surface area contributed by atoms with Crippen molar-refractivity contribution >= 4 is 28.6 Å². The molecule has 0 saturated carbocycles. The fraction of sp³-hybridized carbons (Fsp3) is 0.323. The summed E-state index contributed by atoms with van der Waals surface area (Å²) in [7, 11) is 0. The first-order chi connectivity index (χ1) is 20.8. The molecule has 10 nitrogen and oxygen atoms in total. The molecule has 5 aromatic rings. The van der Waals surface area contributed by atoms with Crippen LogP contribution in [0.4, 0.5) is 4.39 Å². The number of carboxylic acid groups (broad SMARTS) is 1. The van der Waals surface area contributed by atoms with Crippen molar-refractivity contribution in [2.75, 3.05) is 13.1 Å². The van der Waals surface area contributed by atoms with Gasteiger partial charge in [0.2, 0.25) is 11.8 Å². The summed E-state index contributed by atoms with van der Waals surface area (Å²) >= 11 is 5.85. The van der Waals surface area contributed by atoms with Crippen molar-refractivity contribution in [3.8, 4) is 5.88 Å². The van der Waals surface area contributed by atoms with Gasteiger partial charge in [0.1, 0.15) is 18.2 Å². The van der Waals surface area contributed by atoms with Gasteiger partial charge in [0.05, 0.1) is 23.1 Å². The van der Waals surface area contributed by atoms with E-state index in [9.17, 15) is 14.3 Å². The number of rotatable bonds is 10. The second-order valence-corrected chi connectivity index (χ2v) is 11.1. The zero-order valence-electron chi connectivity index (χ0n) is 23.5. The molecule has 0 aliphatic carbocycles. The summed E-state index contributed by atoms with van der Waals surface area (Å²) in [6, 6.07) is 15.2. The number of fused-ring (bicyclic) bond motifs is 1. The van der Waals surface area contributed by atoms with Crippen LogP contribution in [0.5, 0.6) is 5.88 Å². The number of imidazole rings is 1. The van der Waals surface area contributed by atoms with Gasteiger partial charge in [0.25, 0.3) is 0 Å². The summed E-state index contributed by atoms with van der Waals surface area (Å²) in [5.74, 6) is 1.30. The molecule has 0 atom stereocenters. The van der Waals surface area contributed by atoms with Crippen molar-refractivity contribution in [1.82, 2.24) is 29.6 Å². The molecule has 3 aromatic heterocycles. The Labute approximate surface area is 252 Å². The molecule has 12 heteroatoms. The van der Waals surface area contributed by atoms with E-state index in [-0.39, 0.29) is 18.1 Å². The van der Waals surface area contributed by atoms with Crippen molar-refractivity contribution < 1.29 is 23.6 Å². The Morgan fingerprint density at radius 2 is 1.95 bits per heavy atom. The Bertz CT molecular complexity index is 1760. The average molecular weight is 605 g/mol. The van der Waals surface area contributed by atoms with Crippen LogP contribution in [0, 0.1) is 12.7 Å². The monoisotopic (exact) mass is 604 g/mol. The molecule has 1 aliphatic rings. The van der Waals surface area contributed by atoms with Gasteiger partial charge in [-0.1, -0.05) is 28.9 Å². The molecule has 6 rings (SSSR count). The third-order valence-corrected chi connectivity index (χ3v) is 7.93. The number of carbonyl (C=O) groups is 1. The number of benzene rings is 2. The van der Waals surface area contributed by atoms with Crippen LogP contribution in [0.1, 0.15) is 57.9 Å². The lowest BCUT2D eigenvalue weighted by molar-refractivity contribution is 0.0697. The first kappa shape index (κ1) is 28.8. The normalized spacial score (nSPS) is 14.4. The lowest BCUT2D eigenvalue weighted by Gasteiger charge is -2.31. The van der Waals surface area contributed by atoms with Crippen LogP contribution in [0.15, 0.2) is 59.1 Å². The number of ether oxygens (including phenoxy) is 1. The molecular weight excluding hydrogens is 575 g/mol. The molecule has 2 aromatic carbocycles. The van der Waals surface area contributed by atoms with Crippen molar-refractivity contribution in [3.63, 3.8) is 0 Å². The Balaban J connectivity index is 1.12. The number of aromatic carboxylic acids is 1. The van der Waals surface area contributed by atoms with Crippen LogP contribution in [0.25, 0.3) is 11.0 Å². The maximum absolute atomic E-state index is 14.1. The lowest BCUT2D eigenvalue weighted by Crippen LogP contribution is -2.33. The molecule has 43 heavy (non-hydrogen) atoms. The third kappa shape index (κ3) is 6.68. The smallest absolute Gasteiger partial charge is 0.335 e. The largest absolute Gasteiger partial charge is 0.478 e. The highest BCUT2D eigenvalue weighted by Gasteiger charge is 2.24. The molecule has 4 heterocycles. The predicted octanol–water partition coefficient (Wildman–Crippen LogP) is 5.81. The lowest BCUT2D eigenvalue weighted by atomic mass is 9.93. The van der Waals surface area contributed by atoms with Crippen LogP contribution in [0.3, 0.4) is 0 Å². The predicted molar refractivity (Wildman–Crippen MR) is 157 cm³/mol. The number of piperidine rings is 1. The van der Waals surface area contributed by atoms with E-state index < -0.39 is 11.8 Å². The highest BCUT2D eigenvalue weighted by molar-refractivity contribution is 6.30. The van der Waals surface area contributed by atoms with Gasteiger partial charge in [-0.2, -0.15) is 4.98 Å². The summed E-state index contributed by atoms with van der Waals surface area (Å²) in [4.78, 5) is 27.9. The summed E-state index contributed by atoms with van der Waals surface area (Å²) in [5.41, 5.74) is 3.10. The molecule has 0 spiro atoms. The van der Waals surface area contributed by atoms with E-state index in [1.807, 2.05) is 12.1 Å². The van der Waals surface area contributed by atoms with Crippen LogP contribution in [-0.2, 0) is 26.1 Å². The highest BCUT2D eigenvalue weighted by atomic mass is 35.5. The molecule has 1 saturated heterocycles. The summed E-state index contributed by atoms with van der Waals surface area (Å²) in [6.45, 7) is 4.69. The zero-order valence-corrected chi connectivity index (χ0v) is 24.3. The number of nitrogens with zero attached hydrogens (tertiary/aromatic N) is 6. The first-order valence-electron chi connectivity index (χ1n) is 14.1. The Hall–Kier alpha value is -4.35. The molecule has 0 bridgehead atoms. The minimum Gasteiger partial charge on any atom is -0.478 e. The molecule has 0 unspecified atom stereocenters. The quantitative estimate of drug-likeness (QED) is 0.210. The average Bonchev–Trinajstić information content (AvgIpc) is 3.57. The van der Waals surface area contributed by atoms with E-state index in [1.165, 1.54) is 6.07 Å². The number of pyridine rings is 1. The maximum Gasteiger partial charge on any atom is 0.335 e. The van der Waals surface area contributed by atoms with E-state index in [4.69, 9.17) is 30.8 Å². The molecule has 1 N–H and O–H groups in total.